The second kappa shape index (κ2) is 9.39. The van der Waals surface area contributed by atoms with Gasteiger partial charge in [-0.25, -0.2) is 4.98 Å². The number of rotatable bonds is 7. The van der Waals surface area contributed by atoms with Crippen molar-refractivity contribution in [2.45, 2.75) is 6.54 Å². The van der Waals surface area contributed by atoms with Gasteiger partial charge in [-0.05, 0) is 23.8 Å². The SMILES string of the molecule is COc1cc(C(=O)N(Cc2cccnc2)c2nc3c(Cl)cccc3s2)c([N+](=O)[O-])cc1OC. The van der Waals surface area contributed by atoms with Crippen molar-refractivity contribution < 1.29 is 19.2 Å². The van der Waals surface area contributed by atoms with Crippen molar-refractivity contribution in [1.82, 2.24) is 9.97 Å². The van der Waals surface area contributed by atoms with Crippen LogP contribution in [0.25, 0.3) is 10.2 Å². The van der Waals surface area contributed by atoms with E-state index in [1.807, 2.05) is 6.07 Å². The minimum absolute atomic E-state index is 0.0929. The number of nitro groups is 1. The Bertz CT molecular complexity index is 1350. The number of aromatic nitrogens is 2. The molecular formula is C22H17ClN4O5S. The Morgan fingerprint density at radius 1 is 1.18 bits per heavy atom. The van der Waals surface area contributed by atoms with Crippen LogP contribution in [0.5, 0.6) is 11.5 Å². The first-order valence-corrected chi connectivity index (χ1v) is 10.8. The molecule has 168 valence electrons. The van der Waals surface area contributed by atoms with E-state index in [0.29, 0.717) is 15.7 Å². The fourth-order valence-corrected chi connectivity index (χ4v) is 4.52. The molecule has 2 aromatic heterocycles. The van der Waals surface area contributed by atoms with Crippen LogP contribution in [0.1, 0.15) is 15.9 Å². The van der Waals surface area contributed by atoms with Crippen molar-refractivity contribution in [1.29, 1.82) is 0 Å². The van der Waals surface area contributed by atoms with Gasteiger partial charge in [-0.2, -0.15) is 0 Å². The predicted octanol–water partition coefficient (Wildman–Crippen LogP) is 5.12. The number of para-hydroxylation sites is 1. The molecule has 9 nitrogen and oxygen atoms in total. The van der Waals surface area contributed by atoms with Gasteiger partial charge >= 0.3 is 0 Å². The number of benzene rings is 2. The Kier molecular flexibility index (Phi) is 6.38. The minimum atomic E-state index is -0.632. The number of hydrogen-bond acceptors (Lipinski definition) is 8. The minimum Gasteiger partial charge on any atom is -0.493 e. The molecule has 0 fully saturated rings. The standard InChI is InChI=1S/C22H17ClN4O5S/c1-31-17-9-14(16(27(29)30)10-18(17)32-2)21(28)26(12-13-5-4-8-24-11-13)22-25-20-15(23)6-3-7-19(20)33-22/h3-11H,12H2,1-2H3. The average Bonchev–Trinajstić information content (AvgIpc) is 3.27. The van der Waals surface area contributed by atoms with Gasteiger partial charge in [-0.3, -0.25) is 24.8 Å². The summed E-state index contributed by atoms with van der Waals surface area (Å²) in [7, 11) is 2.75. The smallest absolute Gasteiger partial charge is 0.286 e. The maximum absolute atomic E-state index is 13.7. The molecule has 1 amide bonds. The van der Waals surface area contributed by atoms with Crippen LogP contribution in [0.3, 0.4) is 0 Å². The average molecular weight is 485 g/mol. The van der Waals surface area contributed by atoms with Crippen LogP contribution in [0, 0.1) is 10.1 Å². The monoisotopic (exact) mass is 484 g/mol. The van der Waals surface area contributed by atoms with Crippen molar-refractivity contribution in [2.24, 2.45) is 0 Å². The lowest BCUT2D eigenvalue weighted by Gasteiger charge is -2.20. The maximum atomic E-state index is 13.7. The normalized spacial score (nSPS) is 10.8. The molecule has 0 aliphatic heterocycles. The van der Waals surface area contributed by atoms with E-state index in [1.165, 1.54) is 42.6 Å². The Morgan fingerprint density at radius 2 is 1.94 bits per heavy atom. The summed E-state index contributed by atoms with van der Waals surface area (Å²) < 4.78 is 11.2. The second-order valence-electron chi connectivity index (χ2n) is 6.82. The van der Waals surface area contributed by atoms with E-state index in [-0.39, 0.29) is 23.6 Å². The summed E-state index contributed by atoms with van der Waals surface area (Å²) in [4.78, 5) is 34.9. The quantitative estimate of drug-likeness (QED) is 0.264. The molecule has 0 saturated carbocycles. The number of ether oxygens (including phenoxy) is 2. The highest BCUT2D eigenvalue weighted by atomic mass is 35.5. The summed E-state index contributed by atoms with van der Waals surface area (Å²) in [5, 5.41) is 12.6. The lowest BCUT2D eigenvalue weighted by atomic mass is 10.1. The van der Waals surface area contributed by atoms with E-state index < -0.39 is 16.5 Å². The fraction of sp³-hybridized carbons (Fsp3) is 0.136. The molecule has 0 spiro atoms. The molecule has 0 unspecified atom stereocenters. The number of nitrogens with zero attached hydrogens (tertiary/aromatic N) is 4. The lowest BCUT2D eigenvalue weighted by Crippen LogP contribution is -2.31. The van der Waals surface area contributed by atoms with Crippen LogP contribution < -0.4 is 14.4 Å². The van der Waals surface area contributed by atoms with Gasteiger partial charge in [0.05, 0.1) is 41.5 Å². The summed E-state index contributed by atoms with van der Waals surface area (Å²) in [6.07, 6.45) is 3.23. The van der Waals surface area contributed by atoms with Crippen molar-refractivity contribution in [2.75, 3.05) is 19.1 Å². The summed E-state index contributed by atoms with van der Waals surface area (Å²) in [5.74, 6) is -0.284. The number of hydrogen-bond donors (Lipinski definition) is 0. The van der Waals surface area contributed by atoms with Crippen LogP contribution >= 0.6 is 22.9 Å². The highest BCUT2D eigenvalue weighted by Gasteiger charge is 2.30. The Morgan fingerprint density at radius 3 is 2.58 bits per heavy atom. The number of pyridine rings is 1. The number of fused-ring (bicyclic) bond motifs is 1. The van der Waals surface area contributed by atoms with E-state index in [9.17, 15) is 14.9 Å². The van der Waals surface area contributed by atoms with E-state index in [4.69, 9.17) is 21.1 Å². The first-order valence-electron chi connectivity index (χ1n) is 9.59. The van der Waals surface area contributed by atoms with Crippen molar-refractivity contribution in [3.63, 3.8) is 0 Å². The summed E-state index contributed by atoms with van der Waals surface area (Å²) in [6.45, 7) is 0.0929. The zero-order valence-corrected chi connectivity index (χ0v) is 19.1. The van der Waals surface area contributed by atoms with Crippen LogP contribution in [-0.4, -0.2) is 35.0 Å². The molecule has 0 aliphatic rings. The third kappa shape index (κ3) is 4.43. The van der Waals surface area contributed by atoms with Gasteiger partial charge in [-0.1, -0.05) is 35.1 Å². The van der Waals surface area contributed by atoms with Gasteiger partial charge in [0.25, 0.3) is 11.6 Å². The van der Waals surface area contributed by atoms with Crippen LogP contribution in [0.4, 0.5) is 10.8 Å². The van der Waals surface area contributed by atoms with E-state index in [0.717, 1.165) is 10.3 Å². The van der Waals surface area contributed by atoms with E-state index >= 15 is 0 Å². The Labute approximate surface area is 197 Å². The third-order valence-corrected chi connectivity index (χ3v) is 6.18. The third-order valence-electron chi connectivity index (χ3n) is 4.83. The molecule has 0 aliphatic carbocycles. The second-order valence-corrected chi connectivity index (χ2v) is 8.23. The molecule has 0 bridgehead atoms. The van der Waals surface area contributed by atoms with Crippen molar-refractivity contribution in [3.05, 3.63) is 81.1 Å². The van der Waals surface area contributed by atoms with Gasteiger partial charge in [0.2, 0.25) is 0 Å². The molecule has 0 atom stereocenters. The number of thiazole rings is 1. The summed E-state index contributed by atoms with van der Waals surface area (Å²) in [5.41, 5.74) is 0.698. The number of carbonyl (C=O) groups is 1. The number of nitro benzene ring substituents is 1. The zero-order chi connectivity index (χ0) is 23.5. The summed E-state index contributed by atoms with van der Waals surface area (Å²) >= 11 is 7.54. The molecular weight excluding hydrogens is 468 g/mol. The van der Waals surface area contributed by atoms with Gasteiger partial charge in [-0.15, -0.1) is 0 Å². The topological polar surface area (TPSA) is 108 Å². The van der Waals surface area contributed by atoms with Crippen LogP contribution in [-0.2, 0) is 6.54 Å². The molecule has 4 aromatic rings. The Hall–Kier alpha value is -3.76. The molecule has 2 aromatic carbocycles. The maximum Gasteiger partial charge on any atom is 0.286 e. The van der Waals surface area contributed by atoms with Gasteiger partial charge in [0.15, 0.2) is 16.6 Å². The number of methoxy groups -OCH3 is 2. The van der Waals surface area contributed by atoms with Gasteiger partial charge in [0.1, 0.15) is 11.1 Å². The number of anilines is 1. The molecule has 11 heteroatoms. The highest BCUT2D eigenvalue weighted by molar-refractivity contribution is 7.22. The van der Waals surface area contributed by atoms with Crippen LogP contribution in [0.15, 0.2) is 54.9 Å². The molecule has 33 heavy (non-hydrogen) atoms. The predicted molar refractivity (Wildman–Crippen MR) is 126 cm³/mol. The lowest BCUT2D eigenvalue weighted by molar-refractivity contribution is -0.385. The number of halogens is 1. The zero-order valence-electron chi connectivity index (χ0n) is 17.5. The highest BCUT2D eigenvalue weighted by Crippen LogP contribution is 2.38. The van der Waals surface area contributed by atoms with E-state index in [1.54, 1.807) is 36.7 Å². The first-order chi connectivity index (χ1) is 15.9. The van der Waals surface area contributed by atoms with Gasteiger partial charge < -0.3 is 9.47 Å². The van der Waals surface area contributed by atoms with E-state index in [2.05, 4.69) is 9.97 Å². The molecule has 0 saturated heterocycles. The molecule has 2 heterocycles. The van der Waals surface area contributed by atoms with Crippen molar-refractivity contribution in [3.8, 4) is 11.5 Å². The molecule has 0 N–H and O–H groups in total. The number of amides is 1. The van der Waals surface area contributed by atoms with Gasteiger partial charge in [0, 0.05) is 18.5 Å². The summed E-state index contributed by atoms with van der Waals surface area (Å²) in [6, 6.07) is 11.4. The number of carbonyl (C=O) groups excluding carboxylic acids is 1. The van der Waals surface area contributed by atoms with Crippen molar-refractivity contribution >= 4 is 49.9 Å². The Balaban J connectivity index is 1.87. The molecule has 4 rings (SSSR count). The first kappa shape index (κ1) is 22.4. The van der Waals surface area contributed by atoms with Crippen LogP contribution in [0.2, 0.25) is 5.02 Å². The molecule has 0 radical (unpaired) electrons. The largest absolute Gasteiger partial charge is 0.493 e. The fourth-order valence-electron chi connectivity index (χ4n) is 3.26.